The van der Waals surface area contributed by atoms with Gasteiger partial charge in [0.1, 0.15) is 0 Å². The minimum atomic E-state index is 0.0636. The fraction of sp³-hybridized carbons (Fsp3) is 0.933. The van der Waals surface area contributed by atoms with Crippen molar-refractivity contribution in [3.8, 4) is 0 Å². The first-order valence-corrected chi connectivity index (χ1v) is 7.98. The van der Waals surface area contributed by atoms with Crippen LogP contribution in [0.4, 0.5) is 0 Å². The summed E-state index contributed by atoms with van der Waals surface area (Å²) in [5.74, 6) is 0.336. The van der Waals surface area contributed by atoms with Crippen LogP contribution in [0, 0.1) is 0 Å². The molecule has 0 aromatic heterocycles. The van der Waals surface area contributed by atoms with Crippen LogP contribution in [0.1, 0.15) is 52.9 Å². The van der Waals surface area contributed by atoms with Gasteiger partial charge in [-0.2, -0.15) is 0 Å². The number of carbonyl (C=O) groups excluding carboxylic acids is 1. The molecule has 0 spiro atoms. The van der Waals surface area contributed by atoms with E-state index < -0.39 is 0 Å². The molecule has 1 N–H and O–H groups in total. The second-order valence-corrected chi connectivity index (χ2v) is 6.00. The maximum atomic E-state index is 12.5. The van der Waals surface area contributed by atoms with E-state index in [1.165, 1.54) is 13.0 Å². The van der Waals surface area contributed by atoms with Crippen molar-refractivity contribution in [3.63, 3.8) is 0 Å². The van der Waals surface area contributed by atoms with Gasteiger partial charge in [-0.25, -0.2) is 0 Å². The molecule has 0 radical (unpaired) electrons. The molecular weight excluding hydrogens is 238 g/mol. The van der Waals surface area contributed by atoms with Crippen LogP contribution in [0.25, 0.3) is 0 Å². The van der Waals surface area contributed by atoms with E-state index in [1.807, 2.05) is 0 Å². The molecule has 2 rings (SSSR count). The number of carbonyl (C=O) groups is 1. The van der Waals surface area contributed by atoms with Gasteiger partial charge in [0, 0.05) is 19.1 Å². The molecule has 0 aromatic rings. The van der Waals surface area contributed by atoms with Crippen molar-refractivity contribution in [1.82, 2.24) is 15.1 Å². The Bertz CT molecular complexity index is 300. The molecule has 4 heteroatoms. The van der Waals surface area contributed by atoms with E-state index in [1.54, 1.807) is 0 Å². The van der Waals surface area contributed by atoms with E-state index in [0.717, 1.165) is 38.8 Å². The zero-order chi connectivity index (χ0) is 13.8. The highest BCUT2D eigenvalue weighted by atomic mass is 16.2. The van der Waals surface area contributed by atoms with Crippen LogP contribution < -0.4 is 5.32 Å². The number of hydrogen-bond acceptors (Lipinski definition) is 3. The molecule has 2 unspecified atom stereocenters. The third-order valence-corrected chi connectivity index (χ3v) is 4.48. The molecule has 0 aromatic carbocycles. The number of likely N-dealkylation sites (tertiary alicyclic amines) is 1. The quantitative estimate of drug-likeness (QED) is 0.825. The van der Waals surface area contributed by atoms with Crippen molar-refractivity contribution in [2.75, 3.05) is 19.6 Å². The Balaban J connectivity index is 1.90. The fourth-order valence-corrected chi connectivity index (χ4v) is 3.54. The highest BCUT2D eigenvalue weighted by Gasteiger charge is 2.40. The van der Waals surface area contributed by atoms with Crippen LogP contribution in [0.2, 0.25) is 0 Å². The van der Waals surface area contributed by atoms with Gasteiger partial charge in [0.25, 0.3) is 0 Å². The Hall–Kier alpha value is -0.610. The van der Waals surface area contributed by atoms with Gasteiger partial charge in [0.05, 0.1) is 12.2 Å². The Morgan fingerprint density at radius 3 is 2.47 bits per heavy atom. The van der Waals surface area contributed by atoms with Gasteiger partial charge < -0.3 is 9.80 Å². The van der Waals surface area contributed by atoms with Crippen molar-refractivity contribution in [1.29, 1.82) is 0 Å². The average Bonchev–Trinajstić information content (AvgIpc) is 2.67. The van der Waals surface area contributed by atoms with Gasteiger partial charge in [-0.3, -0.25) is 10.1 Å². The second-order valence-electron chi connectivity index (χ2n) is 6.00. The van der Waals surface area contributed by atoms with Gasteiger partial charge in [-0.1, -0.05) is 20.3 Å². The van der Waals surface area contributed by atoms with Crippen molar-refractivity contribution in [3.05, 3.63) is 0 Å². The minimum absolute atomic E-state index is 0.0636. The molecule has 0 saturated carbocycles. The Labute approximate surface area is 117 Å². The average molecular weight is 267 g/mol. The molecule has 19 heavy (non-hydrogen) atoms. The maximum absolute atomic E-state index is 12.5. The molecule has 1 amide bonds. The standard InChI is InChI=1S/C15H29N3O/c1-4-6-14-15(19)18(12(3)16-14)13-7-10-17(9-5-2)11-8-13/h12-14,16H,4-11H2,1-3H3. The number of amides is 1. The molecule has 2 aliphatic rings. The van der Waals surface area contributed by atoms with Crippen LogP contribution >= 0.6 is 0 Å². The van der Waals surface area contributed by atoms with Crippen LogP contribution in [0.15, 0.2) is 0 Å². The first-order valence-electron chi connectivity index (χ1n) is 7.98. The van der Waals surface area contributed by atoms with E-state index in [0.29, 0.717) is 11.9 Å². The van der Waals surface area contributed by atoms with E-state index in [4.69, 9.17) is 0 Å². The molecule has 2 atom stereocenters. The lowest BCUT2D eigenvalue weighted by Gasteiger charge is -2.38. The lowest BCUT2D eigenvalue weighted by Crippen LogP contribution is -2.49. The summed E-state index contributed by atoms with van der Waals surface area (Å²) in [5, 5.41) is 3.45. The molecule has 0 aliphatic carbocycles. The summed E-state index contributed by atoms with van der Waals surface area (Å²) in [6.07, 6.45) is 5.75. The molecule has 2 fully saturated rings. The number of piperidine rings is 1. The van der Waals surface area contributed by atoms with Crippen molar-refractivity contribution < 1.29 is 4.79 Å². The zero-order valence-corrected chi connectivity index (χ0v) is 12.7. The van der Waals surface area contributed by atoms with E-state index in [2.05, 4.69) is 35.9 Å². The first-order chi connectivity index (χ1) is 9.17. The monoisotopic (exact) mass is 267 g/mol. The van der Waals surface area contributed by atoms with Crippen LogP contribution in [-0.4, -0.2) is 53.6 Å². The van der Waals surface area contributed by atoms with Crippen LogP contribution in [0.5, 0.6) is 0 Å². The first kappa shape index (κ1) is 14.8. The third kappa shape index (κ3) is 3.29. The largest absolute Gasteiger partial charge is 0.323 e. The molecule has 2 aliphatic heterocycles. The summed E-state index contributed by atoms with van der Waals surface area (Å²) in [6, 6.07) is 0.513. The molecule has 110 valence electrons. The fourth-order valence-electron chi connectivity index (χ4n) is 3.54. The lowest BCUT2D eigenvalue weighted by atomic mass is 10.0. The Kier molecular flexibility index (Phi) is 5.22. The van der Waals surface area contributed by atoms with Gasteiger partial charge in [-0.15, -0.1) is 0 Å². The summed E-state index contributed by atoms with van der Waals surface area (Å²) in [7, 11) is 0. The molecule has 0 bridgehead atoms. The van der Waals surface area contributed by atoms with Gasteiger partial charge in [-0.05, 0) is 39.2 Å². The second kappa shape index (κ2) is 6.71. The van der Waals surface area contributed by atoms with E-state index in [-0.39, 0.29) is 12.2 Å². The summed E-state index contributed by atoms with van der Waals surface area (Å²) in [4.78, 5) is 17.1. The number of nitrogens with one attached hydrogen (secondary N) is 1. The Morgan fingerprint density at radius 2 is 1.89 bits per heavy atom. The highest BCUT2D eigenvalue weighted by molar-refractivity contribution is 5.84. The molecule has 2 saturated heterocycles. The smallest absolute Gasteiger partial charge is 0.241 e. The number of hydrogen-bond donors (Lipinski definition) is 1. The van der Waals surface area contributed by atoms with Crippen molar-refractivity contribution >= 4 is 5.91 Å². The number of rotatable bonds is 5. The molecular formula is C15H29N3O. The summed E-state index contributed by atoms with van der Waals surface area (Å²) < 4.78 is 0. The minimum Gasteiger partial charge on any atom is -0.323 e. The predicted molar refractivity (Wildman–Crippen MR) is 77.9 cm³/mol. The highest BCUT2D eigenvalue weighted by Crippen LogP contribution is 2.24. The third-order valence-electron chi connectivity index (χ3n) is 4.48. The van der Waals surface area contributed by atoms with Crippen LogP contribution in [0.3, 0.4) is 0 Å². The topological polar surface area (TPSA) is 35.6 Å². The van der Waals surface area contributed by atoms with Crippen molar-refractivity contribution in [2.45, 2.75) is 71.1 Å². The van der Waals surface area contributed by atoms with E-state index >= 15 is 0 Å². The summed E-state index contributed by atoms with van der Waals surface area (Å²) >= 11 is 0. The van der Waals surface area contributed by atoms with Gasteiger partial charge in [0.15, 0.2) is 0 Å². The van der Waals surface area contributed by atoms with E-state index in [9.17, 15) is 4.79 Å². The Morgan fingerprint density at radius 1 is 1.21 bits per heavy atom. The molecule has 4 nitrogen and oxygen atoms in total. The number of nitrogens with zero attached hydrogens (tertiary/aromatic N) is 2. The van der Waals surface area contributed by atoms with Gasteiger partial charge >= 0.3 is 0 Å². The SMILES string of the molecule is CCCC1NC(C)N(C2CCN(CCC)CC2)C1=O. The van der Waals surface area contributed by atoms with Crippen LogP contribution in [-0.2, 0) is 4.79 Å². The van der Waals surface area contributed by atoms with Gasteiger partial charge in [0.2, 0.25) is 5.91 Å². The summed E-state index contributed by atoms with van der Waals surface area (Å²) in [5.41, 5.74) is 0. The maximum Gasteiger partial charge on any atom is 0.241 e. The summed E-state index contributed by atoms with van der Waals surface area (Å²) in [6.45, 7) is 10.0. The molecule has 2 heterocycles. The predicted octanol–water partition coefficient (Wildman–Crippen LogP) is 1.81. The zero-order valence-electron chi connectivity index (χ0n) is 12.7. The van der Waals surface area contributed by atoms with Crippen molar-refractivity contribution in [2.24, 2.45) is 0 Å². The normalized spacial score (nSPS) is 30.3. The lowest BCUT2D eigenvalue weighted by molar-refractivity contribution is -0.133.